The lowest BCUT2D eigenvalue weighted by Crippen LogP contribution is -1.96. The summed E-state index contributed by atoms with van der Waals surface area (Å²) in [5.41, 5.74) is 7.41. The predicted molar refractivity (Wildman–Crippen MR) is 58.9 cm³/mol. The number of aryl methyl sites for hydroxylation is 2. The van der Waals surface area contributed by atoms with Gasteiger partial charge in [0.25, 0.3) is 0 Å². The van der Waals surface area contributed by atoms with E-state index in [1.54, 1.807) is 12.3 Å². The molecule has 0 bridgehead atoms. The summed E-state index contributed by atoms with van der Waals surface area (Å²) in [6.45, 7) is 1.97. The Morgan fingerprint density at radius 3 is 2.87 bits per heavy atom. The third-order valence-electron chi connectivity index (χ3n) is 2.19. The molecule has 0 unspecified atom stereocenters. The number of aromatic nitrogens is 2. The van der Waals surface area contributed by atoms with Gasteiger partial charge < -0.3 is 15.0 Å². The van der Waals surface area contributed by atoms with Crippen molar-refractivity contribution in [3.05, 3.63) is 36.2 Å². The molecular weight excluding hydrogens is 190 g/mol. The molecule has 0 saturated carbocycles. The number of hydrogen-bond donors (Lipinski definition) is 1. The van der Waals surface area contributed by atoms with Gasteiger partial charge >= 0.3 is 6.01 Å². The Bertz CT molecular complexity index is 476. The Morgan fingerprint density at radius 1 is 1.40 bits per heavy atom. The zero-order valence-electron chi connectivity index (χ0n) is 8.77. The summed E-state index contributed by atoms with van der Waals surface area (Å²) in [6, 6.07) is 6.13. The monoisotopic (exact) mass is 203 g/mol. The lowest BCUT2D eigenvalue weighted by Gasteiger charge is -2.08. The van der Waals surface area contributed by atoms with Crippen LogP contribution in [0.3, 0.4) is 0 Å². The first-order chi connectivity index (χ1) is 7.16. The van der Waals surface area contributed by atoms with Gasteiger partial charge in [-0.1, -0.05) is 6.07 Å². The molecule has 0 radical (unpaired) electrons. The summed E-state index contributed by atoms with van der Waals surface area (Å²) in [7, 11) is 1.88. The van der Waals surface area contributed by atoms with Crippen LogP contribution < -0.4 is 10.5 Å². The van der Waals surface area contributed by atoms with Crippen LogP contribution in [0.1, 0.15) is 5.56 Å². The van der Waals surface area contributed by atoms with E-state index in [2.05, 4.69) is 4.98 Å². The van der Waals surface area contributed by atoms with Gasteiger partial charge in [-0.05, 0) is 18.6 Å². The molecule has 1 heterocycles. The largest absolute Gasteiger partial charge is 0.425 e. The summed E-state index contributed by atoms with van der Waals surface area (Å²) in [5, 5.41) is 0. The van der Waals surface area contributed by atoms with Crippen molar-refractivity contribution in [2.45, 2.75) is 6.92 Å². The molecule has 0 saturated heterocycles. The van der Waals surface area contributed by atoms with Gasteiger partial charge in [0.05, 0.1) is 0 Å². The van der Waals surface area contributed by atoms with Crippen LogP contribution in [0.5, 0.6) is 11.8 Å². The van der Waals surface area contributed by atoms with Gasteiger partial charge in [0.1, 0.15) is 5.75 Å². The van der Waals surface area contributed by atoms with Crippen molar-refractivity contribution in [1.29, 1.82) is 0 Å². The first kappa shape index (κ1) is 9.58. The van der Waals surface area contributed by atoms with Gasteiger partial charge in [-0.3, -0.25) is 0 Å². The molecule has 1 aromatic carbocycles. The molecule has 15 heavy (non-hydrogen) atoms. The van der Waals surface area contributed by atoms with E-state index in [1.807, 2.05) is 36.9 Å². The zero-order valence-corrected chi connectivity index (χ0v) is 8.77. The van der Waals surface area contributed by atoms with Crippen molar-refractivity contribution in [3.8, 4) is 11.8 Å². The summed E-state index contributed by atoms with van der Waals surface area (Å²) < 4.78 is 7.44. The highest BCUT2D eigenvalue weighted by Gasteiger charge is 2.05. The number of imidazole rings is 1. The third-order valence-corrected chi connectivity index (χ3v) is 2.19. The Morgan fingerprint density at radius 2 is 2.20 bits per heavy atom. The molecule has 0 aliphatic carbocycles. The molecular formula is C11H13N3O. The second-order valence-electron chi connectivity index (χ2n) is 3.45. The molecule has 4 heteroatoms. The highest BCUT2D eigenvalue weighted by molar-refractivity contribution is 5.48. The van der Waals surface area contributed by atoms with Gasteiger partial charge in [-0.2, -0.15) is 0 Å². The van der Waals surface area contributed by atoms with Crippen molar-refractivity contribution >= 4 is 5.69 Å². The maximum atomic E-state index is 5.69. The number of nitrogens with zero attached hydrogens (tertiary/aromatic N) is 2. The number of nitrogens with two attached hydrogens (primary N) is 1. The van der Waals surface area contributed by atoms with Crippen molar-refractivity contribution in [2.75, 3.05) is 5.73 Å². The number of benzene rings is 1. The van der Waals surface area contributed by atoms with Crippen LogP contribution >= 0.6 is 0 Å². The average molecular weight is 203 g/mol. The molecule has 2 N–H and O–H groups in total. The minimum Gasteiger partial charge on any atom is -0.425 e. The van der Waals surface area contributed by atoms with Crippen LogP contribution in [0.4, 0.5) is 5.69 Å². The van der Waals surface area contributed by atoms with Gasteiger partial charge in [-0.15, -0.1) is 0 Å². The van der Waals surface area contributed by atoms with Crippen LogP contribution in [0.25, 0.3) is 0 Å². The maximum Gasteiger partial charge on any atom is 0.301 e. The van der Waals surface area contributed by atoms with E-state index in [-0.39, 0.29) is 0 Å². The molecule has 2 aromatic rings. The fraction of sp³-hybridized carbons (Fsp3) is 0.182. The maximum absolute atomic E-state index is 5.69. The number of ether oxygens (including phenoxy) is 1. The fourth-order valence-corrected chi connectivity index (χ4v) is 1.28. The van der Waals surface area contributed by atoms with E-state index in [0.717, 1.165) is 11.3 Å². The van der Waals surface area contributed by atoms with Crippen molar-refractivity contribution in [2.24, 2.45) is 7.05 Å². The van der Waals surface area contributed by atoms with Crippen molar-refractivity contribution in [1.82, 2.24) is 9.55 Å². The second-order valence-corrected chi connectivity index (χ2v) is 3.45. The Labute approximate surface area is 88.3 Å². The lowest BCUT2D eigenvalue weighted by molar-refractivity contribution is 0.422. The summed E-state index contributed by atoms with van der Waals surface area (Å²) >= 11 is 0. The molecule has 0 spiro atoms. The van der Waals surface area contributed by atoms with Gasteiger partial charge in [0, 0.05) is 31.2 Å². The molecule has 0 atom stereocenters. The van der Waals surface area contributed by atoms with Gasteiger partial charge in [0.15, 0.2) is 0 Å². The molecule has 0 aliphatic heterocycles. The topological polar surface area (TPSA) is 53.1 Å². The third kappa shape index (κ3) is 1.93. The van der Waals surface area contributed by atoms with Crippen LogP contribution in [0.15, 0.2) is 30.6 Å². The molecule has 4 nitrogen and oxygen atoms in total. The first-order valence-corrected chi connectivity index (χ1v) is 4.68. The van der Waals surface area contributed by atoms with Gasteiger partial charge in [-0.25, -0.2) is 4.98 Å². The van der Waals surface area contributed by atoms with E-state index in [9.17, 15) is 0 Å². The molecule has 0 amide bonds. The predicted octanol–water partition coefficient (Wildman–Crippen LogP) is 2.10. The van der Waals surface area contributed by atoms with E-state index >= 15 is 0 Å². The van der Waals surface area contributed by atoms with E-state index in [0.29, 0.717) is 11.7 Å². The number of nitrogen functional groups attached to an aromatic ring is 1. The van der Waals surface area contributed by atoms with Crippen molar-refractivity contribution < 1.29 is 4.74 Å². The molecule has 2 rings (SSSR count). The van der Waals surface area contributed by atoms with Crippen LogP contribution in [-0.4, -0.2) is 9.55 Å². The van der Waals surface area contributed by atoms with E-state index < -0.39 is 0 Å². The normalized spacial score (nSPS) is 10.3. The molecule has 0 fully saturated rings. The Balaban J connectivity index is 2.32. The average Bonchev–Trinajstić information content (AvgIpc) is 2.58. The minimum atomic E-state index is 0.559. The zero-order chi connectivity index (χ0) is 10.8. The standard InChI is InChI=1S/C11H13N3O/c1-8-3-4-9(12)7-10(8)15-11-13-5-6-14(11)2/h3-7H,12H2,1-2H3. The minimum absolute atomic E-state index is 0.559. The highest BCUT2D eigenvalue weighted by atomic mass is 16.5. The number of hydrogen-bond acceptors (Lipinski definition) is 3. The fourth-order valence-electron chi connectivity index (χ4n) is 1.28. The Hall–Kier alpha value is -1.97. The lowest BCUT2D eigenvalue weighted by atomic mass is 10.2. The van der Waals surface area contributed by atoms with E-state index in [1.165, 1.54) is 0 Å². The molecule has 1 aromatic heterocycles. The number of anilines is 1. The first-order valence-electron chi connectivity index (χ1n) is 4.68. The smallest absolute Gasteiger partial charge is 0.301 e. The molecule has 78 valence electrons. The number of rotatable bonds is 2. The van der Waals surface area contributed by atoms with Crippen LogP contribution in [0, 0.1) is 6.92 Å². The van der Waals surface area contributed by atoms with Crippen LogP contribution in [-0.2, 0) is 7.05 Å². The summed E-state index contributed by atoms with van der Waals surface area (Å²) in [6.07, 6.45) is 3.52. The van der Waals surface area contributed by atoms with Crippen molar-refractivity contribution in [3.63, 3.8) is 0 Å². The highest BCUT2D eigenvalue weighted by Crippen LogP contribution is 2.25. The quantitative estimate of drug-likeness (QED) is 0.760. The SMILES string of the molecule is Cc1ccc(N)cc1Oc1nccn1C. The summed E-state index contributed by atoms with van der Waals surface area (Å²) in [4.78, 5) is 4.08. The van der Waals surface area contributed by atoms with Crippen LogP contribution in [0.2, 0.25) is 0 Å². The molecule has 0 aliphatic rings. The van der Waals surface area contributed by atoms with E-state index in [4.69, 9.17) is 10.5 Å². The Kier molecular flexibility index (Phi) is 2.33. The second kappa shape index (κ2) is 3.65. The summed E-state index contributed by atoms with van der Waals surface area (Å²) in [5.74, 6) is 0.740. The van der Waals surface area contributed by atoms with Gasteiger partial charge in [0.2, 0.25) is 0 Å².